The van der Waals surface area contributed by atoms with Gasteiger partial charge in [-0.1, -0.05) is 24.6 Å². The van der Waals surface area contributed by atoms with Crippen LogP contribution in [0.3, 0.4) is 0 Å². The van der Waals surface area contributed by atoms with Crippen LogP contribution in [0.1, 0.15) is 42.9 Å². The molecule has 3 N–H and O–H groups in total. The number of benzene rings is 2. The van der Waals surface area contributed by atoms with E-state index in [9.17, 15) is 9.90 Å². The van der Waals surface area contributed by atoms with Crippen molar-refractivity contribution in [2.75, 3.05) is 0 Å². The third kappa shape index (κ3) is 4.28. The van der Waals surface area contributed by atoms with Gasteiger partial charge in [0, 0.05) is 12.0 Å². The van der Waals surface area contributed by atoms with E-state index in [1.165, 1.54) is 0 Å². The fraction of sp³-hybridized carbons (Fsp3) is 0.300. The molecule has 1 amide bonds. The number of hydrogen-bond donors (Lipinski definition) is 3. The number of carbonyl (C=O) groups excluding carboxylic acids is 1. The van der Waals surface area contributed by atoms with Crippen LogP contribution in [0.25, 0.3) is 22.6 Å². The van der Waals surface area contributed by atoms with Crippen molar-refractivity contribution in [3.63, 3.8) is 0 Å². The number of aliphatic hydroxyl groups is 1. The van der Waals surface area contributed by atoms with Gasteiger partial charge in [0.05, 0.1) is 6.10 Å². The fourth-order valence-corrected chi connectivity index (χ4v) is 2.85. The van der Waals surface area contributed by atoms with Crippen LogP contribution in [0.2, 0.25) is 0 Å². The highest BCUT2D eigenvalue weighted by Gasteiger charge is 2.11. The number of nitrogens with zero attached hydrogens (tertiary/aromatic N) is 1. The third-order valence-electron chi connectivity index (χ3n) is 4.34. The highest BCUT2D eigenvalue weighted by Crippen LogP contribution is 2.27. The van der Waals surface area contributed by atoms with Crippen LogP contribution in [0.15, 0.2) is 46.9 Å². The molecule has 0 fully saturated rings. The summed E-state index contributed by atoms with van der Waals surface area (Å²) < 4.78 is 5.79. The Morgan fingerprint density at radius 2 is 1.96 bits per heavy atom. The van der Waals surface area contributed by atoms with E-state index >= 15 is 0 Å². The second-order valence-electron chi connectivity index (χ2n) is 6.41. The van der Waals surface area contributed by atoms with Gasteiger partial charge < -0.3 is 9.52 Å². The summed E-state index contributed by atoms with van der Waals surface area (Å²) in [5.74, 6) is 0.152. The van der Waals surface area contributed by atoms with Gasteiger partial charge in [0.15, 0.2) is 5.58 Å². The molecule has 1 aromatic heterocycles. The number of fused-ring (bicyclic) bond motifs is 1. The van der Waals surface area contributed by atoms with Crippen molar-refractivity contribution in [1.82, 2.24) is 10.5 Å². The standard InChI is InChI=1S/C20H22N2O4/c1-13-6-11-18-16(12-13)21-20(26-18)15-9-7-14(8-10-15)17(23)4-2-3-5-19(24)22-25/h6-12,17,23,25H,2-5H2,1H3,(H,22,24)/t17-/m0/s1. The fourth-order valence-electron chi connectivity index (χ4n) is 2.85. The number of hydroxylamine groups is 1. The first kappa shape index (κ1) is 18.1. The van der Waals surface area contributed by atoms with Crippen LogP contribution in [0, 0.1) is 6.92 Å². The Morgan fingerprint density at radius 1 is 1.19 bits per heavy atom. The molecule has 26 heavy (non-hydrogen) atoms. The number of hydrogen-bond acceptors (Lipinski definition) is 5. The van der Waals surface area contributed by atoms with Gasteiger partial charge in [0.2, 0.25) is 11.8 Å². The van der Waals surface area contributed by atoms with Crippen molar-refractivity contribution in [2.45, 2.75) is 38.7 Å². The molecule has 6 heteroatoms. The molecular weight excluding hydrogens is 332 g/mol. The van der Waals surface area contributed by atoms with Crippen LogP contribution in [-0.4, -0.2) is 21.2 Å². The number of rotatable bonds is 7. The zero-order valence-corrected chi connectivity index (χ0v) is 14.6. The van der Waals surface area contributed by atoms with Gasteiger partial charge in [0.1, 0.15) is 5.52 Å². The van der Waals surface area contributed by atoms with E-state index in [1.807, 2.05) is 49.4 Å². The van der Waals surface area contributed by atoms with Gasteiger partial charge in [-0.2, -0.15) is 0 Å². The predicted octanol–water partition coefficient (Wildman–Crippen LogP) is 3.90. The van der Waals surface area contributed by atoms with E-state index in [0.29, 0.717) is 25.2 Å². The summed E-state index contributed by atoms with van der Waals surface area (Å²) in [7, 11) is 0. The molecule has 0 aliphatic carbocycles. The largest absolute Gasteiger partial charge is 0.436 e. The summed E-state index contributed by atoms with van der Waals surface area (Å²) in [5.41, 5.74) is 5.98. The molecular formula is C20H22N2O4. The molecule has 3 aromatic rings. The Bertz CT molecular complexity index is 886. The lowest BCUT2D eigenvalue weighted by Gasteiger charge is -2.11. The van der Waals surface area contributed by atoms with Gasteiger partial charge in [0.25, 0.3) is 0 Å². The van der Waals surface area contributed by atoms with E-state index in [1.54, 1.807) is 5.48 Å². The number of carbonyl (C=O) groups is 1. The van der Waals surface area contributed by atoms with Crippen molar-refractivity contribution >= 4 is 17.0 Å². The van der Waals surface area contributed by atoms with Crippen LogP contribution >= 0.6 is 0 Å². The summed E-state index contributed by atoms with van der Waals surface area (Å²) in [6.45, 7) is 2.01. The minimum atomic E-state index is -0.590. The first-order valence-electron chi connectivity index (χ1n) is 8.65. The Labute approximate surface area is 151 Å². The van der Waals surface area contributed by atoms with Crippen molar-refractivity contribution in [2.24, 2.45) is 0 Å². The van der Waals surface area contributed by atoms with E-state index < -0.39 is 12.0 Å². The molecule has 0 radical (unpaired) electrons. The molecule has 0 aliphatic heterocycles. The molecule has 3 rings (SSSR count). The molecule has 1 heterocycles. The van der Waals surface area contributed by atoms with Gasteiger partial charge in [-0.15, -0.1) is 0 Å². The molecule has 1 atom stereocenters. The highest BCUT2D eigenvalue weighted by molar-refractivity contribution is 5.77. The number of nitrogens with one attached hydrogen (secondary N) is 1. The van der Waals surface area contributed by atoms with Gasteiger partial charge in [-0.3, -0.25) is 10.0 Å². The SMILES string of the molecule is Cc1ccc2oc(-c3ccc([C@@H](O)CCCCC(=O)NO)cc3)nc2c1. The lowest BCUT2D eigenvalue weighted by Crippen LogP contribution is -2.17. The second-order valence-corrected chi connectivity index (χ2v) is 6.41. The summed E-state index contributed by atoms with van der Waals surface area (Å²) >= 11 is 0. The monoisotopic (exact) mass is 354 g/mol. The molecule has 0 bridgehead atoms. The van der Waals surface area contributed by atoms with Crippen molar-refractivity contribution in [3.8, 4) is 11.5 Å². The van der Waals surface area contributed by atoms with Crippen molar-refractivity contribution in [1.29, 1.82) is 0 Å². The molecule has 6 nitrogen and oxygen atoms in total. The van der Waals surface area contributed by atoms with Crippen molar-refractivity contribution in [3.05, 3.63) is 53.6 Å². The Hall–Kier alpha value is -2.70. The number of amides is 1. The molecule has 0 unspecified atom stereocenters. The molecule has 0 saturated heterocycles. The number of oxazole rings is 1. The van der Waals surface area contributed by atoms with Crippen LogP contribution < -0.4 is 5.48 Å². The smallest absolute Gasteiger partial charge is 0.243 e. The van der Waals surface area contributed by atoms with Crippen molar-refractivity contribution < 1.29 is 19.5 Å². The zero-order chi connectivity index (χ0) is 18.5. The number of aromatic nitrogens is 1. The topological polar surface area (TPSA) is 95.6 Å². The number of aliphatic hydroxyl groups excluding tert-OH is 1. The Morgan fingerprint density at radius 3 is 2.69 bits per heavy atom. The Balaban J connectivity index is 1.62. The lowest BCUT2D eigenvalue weighted by molar-refractivity contribution is -0.129. The minimum Gasteiger partial charge on any atom is -0.436 e. The average Bonchev–Trinajstić information content (AvgIpc) is 3.08. The molecule has 0 aliphatic rings. The van der Waals surface area contributed by atoms with Gasteiger partial charge in [-0.25, -0.2) is 10.5 Å². The van der Waals surface area contributed by atoms with Gasteiger partial charge in [-0.05, 0) is 55.2 Å². The maximum Gasteiger partial charge on any atom is 0.243 e. The molecule has 136 valence electrons. The van der Waals surface area contributed by atoms with Gasteiger partial charge >= 0.3 is 0 Å². The zero-order valence-electron chi connectivity index (χ0n) is 14.6. The van der Waals surface area contributed by atoms with Crippen LogP contribution in [0.4, 0.5) is 0 Å². The quantitative estimate of drug-likeness (QED) is 0.340. The maximum absolute atomic E-state index is 10.9. The second kappa shape index (κ2) is 8.12. The summed E-state index contributed by atoms with van der Waals surface area (Å²) in [6.07, 6.45) is 1.53. The molecule has 0 spiro atoms. The Kier molecular flexibility index (Phi) is 5.65. The van der Waals surface area contributed by atoms with Crippen LogP contribution in [-0.2, 0) is 4.79 Å². The normalized spacial score (nSPS) is 12.3. The lowest BCUT2D eigenvalue weighted by atomic mass is 10.0. The first-order valence-corrected chi connectivity index (χ1v) is 8.65. The van der Waals surface area contributed by atoms with Crippen LogP contribution in [0.5, 0.6) is 0 Å². The van der Waals surface area contributed by atoms with E-state index in [0.717, 1.165) is 27.8 Å². The van der Waals surface area contributed by atoms with E-state index in [-0.39, 0.29) is 6.42 Å². The summed E-state index contributed by atoms with van der Waals surface area (Å²) in [6, 6.07) is 13.4. The minimum absolute atomic E-state index is 0.249. The summed E-state index contributed by atoms with van der Waals surface area (Å²) in [4.78, 5) is 15.5. The average molecular weight is 354 g/mol. The highest BCUT2D eigenvalue weighted by atomic mass is 16.5. The molecule has 0 saturated carbocycles. The first-order chi connectivity index (χ1) is 12.6. The molecule has 2 aromatic carbocycles. The van der Waals surface area contributed by atoms with E-state index in [4.69, 9.17) is 9.62 Å². The summed E-state index contributed by atoms with van der Waals surface area (Å²) in [5, 5.41) is 18.7. The van der Waals surface area contributed by atoms with E-state index in [2.05, 4.69) is 4.98 Å². The number of aryl methyl sites for hydroxylation is 1. The predicted molar refractivity (Wildman–Crippen MR) is 97.5 cm³/mol. The maximum atomic E-state index is 10.9. The number of unbranched alkanes of at least 4 members (excludes halogenated alkanes) is 1. The third-order valence-corrected chi connectivity index (χ3v) is 4.34.